The molecule has 4 rings (SSSR count). The molecule has 29 heavy (non-hydrogen) atoms. The SMILES string of the molecule is C[C@]1(c2cc(/C=C(\F)C3CCCO3)ccc2F)N=C(N)[C@@]2(CF)CC[C@@H]1S2(=O)=O. The number of hydrogen-bond donors (Lipinski definition) is 1. The largest absolute Gasteiger partial charge is 0.386 e. The lowest BCUT2D eigenvalue weighted by molar-refractivity contribution is 0.120. The number of alkyl halides is 1. The summed E-state index contributed by atoms with van der Waals surface area (Å²) in [5, 5.41) is -1.10. The van der Waals surface area contributed by atoms with Crippen LogP contribution in [-0.4, -0.2) is 43.6 Å². The lowest BCUT2D eigenvalue weighted by Crippen LogP contribution is -2.58. The van der Waals surface area contributed by atoms with E-state index in [9.17, 15) is 21.6 Å². The van der Waals surface area contributed by atoms with Gasteiger partial charge in [-0.05, 0) is 56.4 Å². The zero-order chi connectivity index (χ0) is 21.0. The number of benzene rings is 1. The molecule has 158 valence electrons. The molecule has 2 bridgehead atoms. The van der Waals surface area contributed by atoms with Crippen LogP contribution >= 0.6 is 0 Å². The van der Waals surface area contributed by atoms with E-state index in [2.05, 4.69) is 4.99 Å². The number of amidine groups is 1. The minimum atomic E-state index is -4.02. The van der Waals surface area contributed by atoms with Gasteiger partial charge in [0.15, 0.2) is 14.6 Å². The van der Waals surface area contributed by atoms with Gasteiger partial charge in [-0.15, -0.1) is 0 Å². The van der Waals surface area contributed by atoms with Crippen molar-refractivity contribution < 1.29 is 26.3 Å². The number of fused-ring (bicyclic) bond motifs is 2. The number of rotatable bonds is 4. The Morgan fingerprint density at radius 2 is 2.17 bits per heavy atom. The highest BCUT2D eigenvalue weighted by Crippen LogP contribution is 2.51. The fraction of sp³-hybridized carbons (Fsp3) is 0.550. The Bertz CT molecular complexity index is 1000. The Morgan fingerprint density at radius 1 is 1.41 bits per heavy atom. The topological polar surface area (TPSA) is 81.8 Å². The number of ether oxygens (including phenoxy) is 1. The molecule has 3 heterocycles. The van der Waals surface area contributed by atoms with E-state index in [0.29, 0.717) is 18.6 Å². The monoisotopic (exact) mass is 428 g/mol. The third kappa shape index (κ3) is 2.84. The summed E-state index contributed by atoms with van der Waals surface area (Å²) >= 11 is 0. The third-order valence-electron chi connectivity index (χ3n) is 6.47. The molecule has 0 amide bonds. The number of hydrogen-bond acceptors (Lipinski definition) is 5. The van der Waals surface area contributed by atoms with Crippen LogP contribution < -0.4 is 5.73 Å². The first-order chi connectivity index (χ1) is 13.7. The van der Waals surface area contributed by atoms with Crippen molar-refractivity contribution in [1.29, 1.82) is 0 Å². The summed E-state index contributed by atoms with van der Waals surface area (Å²) < 4.78 is 72.6. The molecule has 2 fully saturated rings. The quantitative estimate of drug-likeness (QED) is 0.799. The van der Waals surface area contributed by atoms with E-state index in [-0.39, 0.29) is 24.2 Å². The molecule has 0 aromatic heterocycles. The van der Waals surface area contributed by atoms with Crippen molar-refractivity contribution in [3.63, 3.8) is 0 Å². The van der Waals surface area contributed by atoms with Gasteiger partial charge in [0.2, 0.25) is 0 Å². The van der Waals surface area contributed by atoms with Crippen molar-refractivity contribution in [2.24, 2.45) is 10.7 Å². The molecule has 9 heteroatoms. The van der Waals surface area contributed by atoms with E-state index in [1.807, 2.05) is 0 Å². The van der Waals surface area contributed by atoms with Gasteiger partial charge in [-0.2, -0.15) is 0 Å². The van der Waals surface area contributed by atoms with Crippen molar-refractivity contribution in [2.45, 2.75) is 54.2 Å². The summed E-state index contributed by atoms with van der Waals surface area (Å²) in [5.41, 5.74) is 4.76. The Kier molecular flexibility index (Phi) is 4.81. The van der Waals surface area contributed by atoms with Crippen LogP contribution in [0.5, 0.6) is 0 Å². The highest BCUT2D eigenvalue weighted by Gasteiger charge is 2.65. The molecule has 2 saturated heterocycles. The van der Waals surface area contributed by atoms with Crippen molar-refractivity contribution in [1.82, 2.24) is 0 Å². The molecular weight excluding hydrogens is 405 g/mol. The predicted octanol–water partition coefficient (Wildman–Crippen LogP) is 3.19. The molecule has 0 aliphatic carbocycles. The van der Waals surface area contributed by atoms with Crippen molar-refractivity contribution in [3.8, 4) is 0 Å². The van der Waals surface area contributed by atoms with Gasteiger partial charge in [0.25, 0.3) is 0 Å². The minimum absolute atomic E-state index is 0.00252. The summed E-state index contributed by atoms with van der Waals surface area (Å²) in [6.07, 6.45) is 2.10. The molecule has 3 aliphatic rings. The zero-order valence-electron chi connectivity index (χ0n) is 16.0. The van der Waals surface area contributed by atoms with E-state index in [1.165, 1.54) is 25.1 Å². The highest BCUT2D eigenvalue weighted by atomic mass is 32.2. The molecule has 3 aliphatic heterocycles. The number of aliphatic imine (C=N–C) groups is 1. The van der Waals surface area contributed by atoms with Crippen LogP contribution in [0.15, 0.2) is 29.0 Å². The van der Waals surface area contributed by atoms with Crippen molar-refractivity contribution in [3.05, 3.63) is 41.0 Å². The summed E-state index contributed by atoms with van der Waals surface area (Å²) in [6, 6.07) is 3.94. The lowest BCUT2D eigenvalue weighted by Gasteiger charge is -2.39. The van der Waals surface area contributed by atoms with Crippen LogP contribution in [0.25, 0.3) is 6.08 Å². The van der Waals surface area contributed by atoms with Gasteiger partial charge in [0.1, 0.15) is 35.8 Å². The standard InChI is InChI=1S/C20H23F3N2O3S/c1-19(17-6-7-20(11-21,18(24)25-19)29(17,26)27)13-9-12(4-5-14(13)22)10-15(23)16-3-2-8-28-16/h4-5,9-10,16-17H,2-3,6-8,11H2,1H3,(H2,24,25)/b15-10-/t16?,17-,19+,20-/m0/s1. The van der Waals surface area contributed by atoms with Crippen LogP contribution in [0.2, 0.25) is 0 Å². The minimum Gasteiger partial charge on any atom is -0.386 e. The molecule has 1 unspecified atom stereocenters. The highest BCUT2D eigenvalue weighted by molar-refractivity contribution is 7.94. The summed E-state index contributed by atoms with van der Waals surface area (Å²) in [7, 11) is -4.02. The van der Waals surface area contributed by atoms with Crippen molar-refractivity contribution in [2.75, 3.05) is 13.3 Å². The average molecular weight is 428 g/mol. The normalized spacial score (nSPS) is 36.3. The van der Waals surface area contributed by atoms with E-state index in [1.54, 1.807) is 0 Å². The number of nitrogens with zero attached hydrogens (tertiary/aromatic N) is 1. The molecule has 0 saturated carbocycles. The number of sulfone groups is 1. The first-order valence-corrected chi connectivity index (χ1v) is 11.1. The van der Waals surface area contributed by atoms with Gasteiger partial charge < -0.3 is 10.5 Å². The zero-order valence-corrected chi connectivity index (χ0v) is 16.8. The molecule has 0 radical (unpaired) electrons. The smallest absolute Gasteiger partial charge is 0.171 e. The van der Waals surface area contributed by atoms with Crippen LogP contribution in [0.1, 0.15) is 43.7 Å². The Balaban J connectivity index is 1.81. The maximum Gasteiger partial charge on any atom is 0.171 e. The Morgan fingerprint density at radius 3 is 2.83 bits per heavy atom. The summed E-state index contributed by atoms with van der Waals surface area (Å²) in [6.45, 7) is 0.815. The second-order valence-corrected chi connectivity index (χ2v) is 10.6. The van der Waals surface area contributed by atoms with Gasteiger partial charge in [0, 0.05) is 12.2 Å². The van der Waals surface area contributed by atoms with E-state index in [0.717, 1.165) is 12.5 Å². The molecule has 0 spiro atoms. The molecule has 1 aromatic carbocycles. The Hall–Kier alpha value is -1.87. The molecular formula is C20H23F3N2O3S. The maximum atomic E-state index is 14.8. The number of nitrogens with two attached hydrogens (primary N) is 1. The van der Waals surface area contributed by atoms with Gasteiger partial charge in [-0.25, -0.2) is 21.6 Å². The summed E-state index contributed by atoms with van der Waals surface area (Å²) in [5.74, 6) is -1.47. The van der Waals surface area contributed by atoms with Gasteiger partial charge in [-0.1, -0.05) is 6.07 Å². The van der Waals surface area contributed by atoms with Crippen LogP contribution in [0.3, 0.4) is 0 Å². The third-order valence-corrected chi connectivity index (χ3v) is 9.52. The Labute approximate surface area is 167 Å². The van der Waals surface area contributed by atoms with E-state index < -0.39 is 49.8 Å². The second-order valence-electron chi connectivity index (χ2n) is 8.11. The first-order valence-electron chi connectivity index (χ1n) is 9.59. The summed E-state index contributed by atoms with van der Waals surface area (Å²) in [4.78, 5) is 4.30. The van der Waals surface area contributed by atoms with E-state index >= 15 is 0 Å². The predicted molar refractivity (Wildman–Crippen MR) is 104 cm³/mol. The fourth-order valence-electron chi connectivity index (χ4n) is 4.73. The number of halogens is 3. The molecule has 4 atom stereocenters. The second kappa shape index (κ2) is 6.84. The first kappa shape index (κ1) is 20.4. The van der Waals surface area contributed by atoms with Gasteiger partial charge >= 0.3 is 0 Å². The average Bonchev–Trinajstić information content (AvgIpc) is 3.26. The van der Waals surface area contributed by atoms with E-state index in [4.69, 9.17) is 10.5 Å². The van der Waals surface area contributed by atoms with Crippen LogP contribution in [0.4, 0.5) is 13.2 Å². The molecule has 2 N–H and O–H groups in total. The van der Waals surface area contributed by atoms with Crippen molar-refractivity contribution >= 4 is 21.7 Å². The lowest BCUT2D eigenvalue weighted by atomic mass is 9.86. The van der Waals surface area contributed by atoms with Gasteiger partial charge in [-0.3, -0.25) is 4.99 Å². The van der Waals surface area contributed by atoms with Crippen LogP contribution in [0, 0.1) is 5.82 Å². The maximum absolute atomic E-state index is 14.8. The molecule has 1 aromatic rings. The van der Waals surface area contributed by atoms with Gasteiger partial charge in [0.05, 0.1) is 5.25 Å². The molecule has 5 nitrogen and oxygen atoms in total. The van der Waals surface area contributed by atoms with Crippen LogP contribution in [-0.2, 0) is 20.1 Å². The fourth-order valence-corrected chi connectivity index (χ4v) is 7.38.